The molecular formula is C18H25NS. The van der Waals surface area contributed by atoms with Crippen LogP contribution in [-0.4, -0.2) is 12.6 Å². The molecule has 2 rings (SSSR count). The molecule has 1 atom stereocenters. The van der Waals surface area contributed by atoms with Gasteiger partial charge in [-0.2, -0.15) is 11.3 Å². The van der Waals surface area contributed by atoms with Gasteiger partial charge in [-0.25, -0.2) is 0 Å². The highest BCUT2D eigenvalue weighted by atomic mass is 32.1. The van der Waals surface area contributed by atoms with Crippen LogP contribution in [0.25, 0.3) is 0 Å². The molecule has 0 saturated carbocycles. The van der Waals surface area contributed by atoms with E-state index in [0.717, 1.165) is 19.4 Å². The van der Waals surface area contributed by atoms with Crippen LogP contribution in [0.4, 0.5) is 0 Å². The topological polar surface area (TPSA) is 12.0 Å². The fraction of sp³-hybridized carbons (Fsp3) is 0.444. The molecule has 20 heavy (non-hydrogen) atoms. The second kappa shape index (κ2) is 7.61. The first-order chi connectivity index (χ1) is 9.63. The summed E-state index contributed by atoms with van der Waals surface area (Å²) < 4.78 is 0. The third-order valence-corrected chi connectivity index (χ3v) is 4.26. The van der Waals surface area contributed by atoms with Crippen LogP contribution >= 0.6 is 11.3 Å². The molecule has 0 spiro atoms. The molecule has 1 nitrogen and oxygen atoms in total. The number of thiophene rings is 1. The van der Waals surface area contributed by atoms with Crippen LogP contribution in [0.3, 0.4) is 0 Å². The summed E-state index contributed by atoms with van der Waals surface area (Å²) >= 11 is 1.79. The van der Waals surface area contributed by atoms with Gasteiger partial charge >= 0.3 is 0 Å². The van der Waals surface area contributed by atoms with Gasteiger partial charge in [0.15, 0.2) is 0 Å². The first kappa shape index (κ1) is 15.3. The molecule has 2 aromatic rings. The van der Waals surface area contributed by atoms with Gasteiger partial charge in [-0.05, 0) is 60.2 Å². The summed E-state index contributed by atoms with van der Waals surface area (Å²) in [5.41, 5.74) is 4.28. The summed E-state index contributed by atoms with van der Waals surface area (Å²) in [5.74, 6) is 0.661. The van der Waals surface area contributed by atoms with Crippen molar-refractivity contribution in [3.8, 4) is 0 Å². The monoisotopic (exact) mass is 287 g/mol. The van der Waals surface area contributed by atoms with E-state index in [1.165, 1.54) is 16.7 Å². The van der Waals surface area contributed by atoms with E-state index < -0.39 is 0 Å². The Balaban J connectivity index is 2.01. The average molecular weight is 287 g/mol. The van der Waals surface area contributed by atoms with Gasteiger partial charge in [0.2, 0.25) is 0 Å². The van der Waals surface area contributed by atoms with Crippen molar-refractivity contribution >= 4 is 11.3 Å². The summed E-state index contributed by atoms with van der Waals surface area (Å²) in [4.78, 5) is 0. The third kappa shape index (κ3) is 5.10. The van der Waals surface area contributed by atoms with E-state index in [1.54, 1.807) is 11.3 Å². The van der Waals surface area contributed by atoms with Crippen molar-refractivity contribution in [1.82, 2.24) is 5.32 Å². The Morgan fingerprint density at radius 3 is 2.55 bits per heavy atom. The van der Waals surface area contributed by atoms with Gasteiger partial charge < -0.3 is 5.32 Å². The van der Waals surface area contributed by atoms with Gasteiger partial charge in [-0.15, -0.1) is 0 Å². The van der Waals surface area contributed by atoms with Crippen LogP contribution in [0.2, 0.25) is 0 Å². The number of rotatable bonds is 7. The molecule has 0 saturated heterocycles. The van der Waals surface area contributed by atoms with Gasteiger partial charge in [0.25, 0.3) is 0 Å². The van der Waals surface area contributed by atoms with Crippen LogP contribution in [0.1, 0.15) is 30.5 Å². The lowest BCUT2D eigenvalue weighted by Crippen LogP contribution is -2.31. The number of benzene rings is 1. The van der Waals surface area contributed by atoms with Crippen LogP contribution in [0.5, 0.6) is 0 Å². The van der Waals surface area contributed by atoms with E-state index >= 15 is 0 Å². The van der Waals surface area contributed by atoms with Gasteiger partial charge in [0.05, 0.1) is 0 Å². The van der Waals surface area contributed by atoms with Crippen molar-refractivity contribution in [3.05, 3.63) is 57.8 Å². The normalized spacial score (nSPS) is 12.8. The number of aryl methyl sites for hydroxylation is 1. The highest BCUT2D eigenvalue weighted by molar-refractivity contribution is 7.07. The molecule has 1 N–H and O–H groups in total. The fourth-order valence-corrected chi connectivity index (χ4v) is 3.21. The third-order valence-electron chi connectivity index (χ3n) is 3.53. The molecule has 2 heteroatoms. The Bertz CT molecular complexity index is 502. The van der Waals surface area contributed by atoms with Crippen LogP contribution in [-0.2, 0) is 12.8 Å². The summed E-state index contributed by atoms with van der Waals surface area (Å²) in [7, 11) is 0. The number of hydrogen-bond donors (Lipinski definition) is 1. The smallest absolute Gasteiger partial charge is 0.00104 e. The van der Waals surface area contributed by atoms with Gasteiger partial charge in [-0.1, -0.05) is 43.7 Å². The first-order valence-corrected chi connectivity index (χ1v) is 8.38. The number of nitrogens with one attached hydrogen (secondary N) is 1. The first-order valence-electron chi connectivity index (χ1n) is 7.43. The maximum absolute atomic E-state index is 3.60. The molecule has 108 valence electrons. The molecule has 0 fully saturated rings. The van der Waals surface area contributed by atoms with Crippen molar-refractivity contribution in [2.24, 2.45) is 5.92 Å². The molecule has 1 unspecified atom stereocenters. The lowest BCUT2D eigenvalue weighted by atomic mass is 9.92. The Labute approximate surface area is 127 Å². The van der Waals surface area contributed by atoms with Gasteiger partial charge in [-0.3, -0.25) is 0 Å². The van der Waals surface area contributed by atoms with Gasteiger partial charge in [0, 0.05) is 6.04 Å². The molecule has 1 heterocycles. The zero-order valence-electron chi connectivity index (χ0n) is 12.7. The Morgan fingerprint density at radius 2 is 1.90 bits per heavy atom. The van der Waals surface area contributed by atoms with E-state index in [1.807, 2.05) is 0 Å². The molecule has 0 bridgehead atoms. The Hall–Kier alpha value is -1.12. The predicted octanol–water partition coefficient (Wildman–Crippen LogP) is 4.46. The minimum atomic E-state index is 0.553. The predicted molar refractivity (Wildman–Crippen MR) is 89.5 cm³/mol. The average Bonchev–Trinajstić information content (AvgIpc) is 2.89. The molecule has 0 radical (unpaired) electrons. The van der Waals surface area contributed by atoms with Crippen LogP contribution in [0, 0.1) is 12.8 Å². The van der Waals surface area contributed by atoms with Crippen molar-refractivity contribution in [2.45, 2.75) is 39.7 Å². The largest absolute Gasteiger partial charge is 0.314 e. The lowest BCUT2D eigenvalue weighted by molar-refractivity contribution is 0.444. The lowest BCUT2D eigenvalue weighted by Gasteiger charge is -2.19. The van der Waals surface area contributed by atoms with Crippen LogP contribution in [0.15, 0.2) is 41.1 Å². The molecule has 0 aliphatic rings. The fourth-order valence-electron chi connectivity index (χ4n) is 2.53. The van der Waals surface area contributed by atoms with Crippen LogP contribution < -0.4 is 5.32 Å². The van der Waals surface area contributed by atoms with Gasteiger partial charge in [0.1, 0.15) is 0 Å². The second-order valence-electron chi connectivity index (χ2n) is 5.96. The van der Waals surface area contributed by atoms with E-state index in [-0.39, 0.29) is 0 Å². The van der Waals surface area contributed by atoms with E-state index in [9.17, 15) is 0 Å². The SMILES string of the molecule is Cc1cccc(CC(CNC(C)C)Cc2ccsc2)c1. The second-order valence-corrected chi connectivity index (χ2v) is 6.74. The number of hydrogen-bond acceptors (Lipinski definition) is 2. The van der Waals surface area contributed by atoms with E-state index in [0.29, 0.717) is 12.0 Å². The van der Waals surface area contributed by atoms with Crippen molar-refractivity contribution in [1.29, 1.82) is 0 Å². The maximum Gasteiger partial charge on any atom is 0.00104 e. The maximum atomic E-state index is 3.60. The summed E-state index contributed by atoms with van der Waals surface area (Å²) in [6, 6.07) is 11.7. The molecule has 0 aliphatic carbocycles. The highest BCUT2D eigenvalue weighted by Gasteiger charge is 2.12. The quantitative estimate of drug-likeness (QED) is 0.793. The van der Waals surface area contributed by atoms with Crippen molar-refractivity contribution < 1.29 is 0 Å². The van der Waals surface area contributed by atoms with E-state index in [2.05, 4.69) is 67.2 Å². The molecule has 1 aromatic carbocycles. The summed E-state index contributed by atoms with van der Waals surface area (Å²) in [5, 5.41) is 8.05. The summed E-state index contributed by atoms with van der Waals surface area (Å²) in [6.07, 6.45) is 2.31. The Morgan fingerprint density at radius 1 is 1.10 bits per heavy atom. The minimum Gasteiger partial charge on any atom is -0.314 e. The molecule has 1 aromatic heterocycles. The molecular weight excluding hydrogens is 262 g/mol. The minimum absolute atomic E-state index is 0.553. The summed E-state index contributed by atoms with van der Waals surface area (Å²) in [6.45, 7) is 7.69. The zero-order chi connectivity index (χ0) is 14.4. The van der Waals surface area contributed by atoms with E-state index in [4.69, 9.17) is 0 Å². The Kier molecular flexibility index (Phi) is 5.81. The standard InChI is InChI=1S/C18H25NS/c1-14(2)19-12-18(11-17-7-8-20-13-17)10-16-6-4-5-15(3)9-16/h4-9,13-14,18-19H,10-12H2,1-3H3. The zero-order valence-corrected chi connectivity index (χ0v) is 13.5. The molecule has 0 aliphatic heterocycles. The highest BCUT2D eigenvalue weighted by Crippen LogP contribution is 2.17. The van der Waals surface area contributed by atoms with Crippen molar-refractivity contribution in [2.75, 3.05) is 6.54 Å². The van der Waals surface area contributed by atoms with Crippen molar-refractivity contribution in [3.63, 3.8) is 0 Å². The molecule has 0 amide bonds.